The summed E-state index contributed by atoms with van der Waals surface area (Å²) in [5, 5.41) is 0. The van der Waals surface area contributed by atoms with Gasteiger partial charge in [0.05, 0.1) is 0 Å². The van der Waals surface area contributed by atoms with Gasteiger partial charge in [-0.05, 0) is 58.3 Å². The molecule has 17 heavy (non-hydrogen) atoms. The molecule has 3 aliphatic rings. The Balaban J connectivity index is 1.90. The molecule has 98 valence electrons. The average Bonchev–Trinajstić information content (AvgIpc) is 2.25. The Morgan fingerprint density at radius 3 is 1.76 bits per heavy atom. The first kappa shape index (κ1) is 11.9. The van der Waals surface area contributed by atoms with Crippen LogP contribution in [0.25, 0.3) is 0 Å². The average molecular weight is 237 g/mol. The highest BCUT2D eigenvalue weighted by Gasteiger charge is 2.50. The second kappa shape index (κ2) is 4.22. The Morgan fingerprint density at radius 1 is 0.824 bits per heavy atom. The van der Waals surface area contributed by atoms with Crippen molar-refractivity contribution < 1.29 is 0 Å². The summed E-state index contributed by atoms with van der Waals surface area (Å²) in [5.74, 6) is 3.66. The molecule has 2 heterocycles. The fourth-order valence-electron chi connectivity index (χ4n) is 4.98. The Kier molecular flexibility index (Phi) is 2.96. The highest BCUT2D eigenvalue weighted by atomic mass is 15.2. The van der Waals surface area contributed by atoms with Gasteiger partial charge in [0.25, 0.3) is 0 Å². The van der Waals surface area contributed by atoms with Crippen LogP contribution in [0.2, 0.25) is 0 Å². The monoisotopic (exact) mass is 237 g/mol. The van der Waals surface area contributed by atoms with Crippen LogP contribution in [0.1, 0.15) is 6.42 Å². The van der Waals surface area contributed by atoms with Crippen molar-refractivity contribution in [2.45, 2.75) is 12.5 Å². The quantitative estimate of drug-likeness (QED) is 0.664. The van der Waals surface area contributed by atoms with Crippen molar-refractivity contribution in [1.82, 2.24) is 14.7 Å². The maximum absolute atomic E-state index is 2.58. The molecule has 3 heteroatoms. The number of nitrogens with zero attached hydrogens (tertiary/aromatic N) is 3. The van der Waals surface area contributed by atoms with Crippen LogP contribution in [0, 0.1) is 23.7 Å². The zero-order valence-electron chi connectivity index (χ0n) is 11.8. The van der Waals surface area contributed by atoms with Gasteiger partial charge >= 0.3 is 0 Å². The lowest BCUT2D eigenvalue weighted by molar-refractivity contribution is -0.0896. The van der Waals surface area contributed by atoms with Crippen LogP contribution >= 0.6 is 0 Å². The first-order chi connectivity index (χ1) is 8.06. The van der Waals surface area contributed by atoms with Crippen molar-refractivity contribution in [1.29, 1.82) is 0 Å². The summed E-state index contributed by atoms with van der Waals surface area (Å²) in [7, 11) is 9.22. The highest BCUT2D eigenvalue weighted by molar-refractivity contribution is 5.04. The second-order valence-corrected chi connectivity index (χ2v) is 6.98. The SMILES string of the molecule is CN1CC2CC(C1)C1CN(C)CC2C1N(C)C. The van der Waals surface area contributed by atoms with Gasteiger partial charge in [0.2, 0.25) is 0 Å². The molecule has 4 bridgehead atoms. The molecule has 2 aliphatic heterocycles. The lowest BCUT2D eigenvalue weighted by atomic mass is 9.60. The van der Waals surface area contributed by atoms with E-state index >= 15 is 0 Å². The summed E-state index contributed by atoms with van der Waals surface area (Å²) in [5.41, 5.74) is 0. The van der Waals surface area contributed by atoms with Gasteiger partial charge in [0, 0.05) is 32.2 Å². The van der Waals surface area contributed by atoms with Crippen LogP contribution in [0.3, 0.4) is 0 Å². The van der Waals surface area contributed by atoms with Gasteiger partial charge in [-0.1, -0.05) is 0 Å². The van der Waals surface area contributed by atoms with E-state index in [1.54, 1.807) is 0 Å². The van der Waals surface area contributed by atoms with Crippen LogP contribution in [0.5, 0.6) is 0 Å². The van der Waals surface area contributed by atoms with Crippen LogP contribution in [0.15, 0.2) is 0 Å². The van der Waals surface area contributed by atoms with Gasteiger partial charge in [-0.25, -0.2) is 0 Å². The molecular weight excluding hydrogens is 210 g/mol. The van der Waals surface area contributed by atoms with E-state index < -0.39 is 0 Å². The van der Waals surface area contributed by atoms with Crippen LogP contribution in [-0.2, 0) is 0 Å². The van der Waals surface area contributed by atoms with E-state index in [2.05, 4.69) is 42.9 Å². The molecule has 0 N–H and O–H groups in total. The molecule has 0 aromatic heterocycles. The number of hydrogen-bond donors (Lipinski definition) is 0. The highest BCUT2D eigenvalue weighted by Crippen LogP contribution is 2.46. The molecule has 1 saturated carbocycles. The Labute approximate surface area is 106 Å². The first-order valence-corrected chi connectivity index (χ1v) is 7.09. The van der Waals surface area contributed by atoms with Gasteiger partial charge in [-0.3, -0.25) is 0 Å². The molecule has 0 aromatic carbocycles. The number of hydrogen-bond acceptors (Lipinski definition) is 3. The molecule has 4 unspecified atom stereocenters. The van der Waals surface area contributed by atoms with E-state index in [0.717, 1.165) is 29.7 Å². The third-order valence-corrected chi connectivity index (χ3v) is 5.43. The zero-order chi connectivity index (χ0) is 12.2. The van der Waals surface area contributed by atoms with Crippen molar-refractivity contribution in [3.63, 3.8) is 0 Å². The minimum Gasteiger partial charge on any atom is -0.306 e. The molecule has 3 rings (SSSR count). The molecule has 0 radical (unpaired) electrons. The van der Waals surface area contributed by atoms with Crippen molar-refractivity contribution in [2.75, 3.05) is 54.4 Å². The molecule has 4 atom stereocenters. The summed E-state index contributed by atoms with van der Waals surface area (Å²) < 4.78 is 0. The number of piperidine rings is 2. The second-order valence-electron chi connectivity index (χ2n) is 6.98. The van der Waals surface area contributed by atoms with Crippen molar-refractivity contribution >= 4 is 0 Å². The largest absolute Gasteiger partial charge is 0.306 e. The van der Waals surface area contributed by atoms with E-state index in [-0.39, 0.29) is 0 Å². The summed E-state index contributed by atoms with van der Waals surface area (Å²) in [4.78, 5) is 7.68. The number of fused-ring (bicyclic) bond motifs is 6. The lowest BCUT2D eigenvalue weighted by Crippen LogP contribution is -2.65. The van der Waals surface area contributed by atoms with Gasteiger partial charge < -0.3 is 14.7 Å². The van der Waals surface area contributed by atoms with Crippen molar-refractivity contribution in [2.24, 2.45) is 23.7 Å². The maximum atomic E-state index is 2.58. The molecule has 1 aliphatic carbocycles. The molecule has 0 spiro atoms. The predicted molar refractivity (Wildman–Crippen MR) is 71.0 cm³/mol. The zero-order valence-corrected chi connectivity index (χ0v) is 11.8. The topological polar surface area (TPSA) is 9.72 Å². The fraction of sp³-hybridized carbons (Fsp3) is 1.00. The van der Waals surface area contributed by atoms with E-state index in [1.807, 2.05) is 0 Å². The van der Waals surface area contributed by atoms with Crippen molar-refractivity contribution in [3.05, 3.63) is 0 Å². The third kappa shape index (κ3) is 1.92. The molecule has 3 nitrogen and oxygen atoms in total. The third-order valence-electron chi connectivity index (χ3n) is 5.43. The van der Waals surface area contributed by atoms with Crippen LogP contribution in [-0.4, -0.2) is 75.1 Å². The lowest BCUT2D eigenvalue weighted by Gasteiger charge is -2.58. The fourth-order valence-corrected chi connectivity index (χ4v) is 4.98. The molecular formula is C14H27N3. The Hall–Kier alpha value is -0.120. The minimum absolute atomic E-state index is 0.837. The molecule has 2 saturated heterocycles. The summed E-state index contributed by atoms with van der Waals surface area (Å²) >= 11 is 0. The van der Waals surface area contributed by atoms with E-state index in [9.17, 15) is 0 Å². The normalized spacial score (nSPS) is 47.5. The van der Waals surface area contributed by atoms with Crippen LogP contribution < -0.4 is 0 Å². The van der Waals surface area contributed by atoms with Gasteiger partial charge in [0.1, 0.15) is 0 Å². The molecule has 0 aromatic rings. The Bertz CT molecular complexity index is 269. The van der Waals surface area contributed by atoms with Gasteiger partial charge in [-0.15, -0.1) is 0 Å². The number of rotatable bonds is 1. The van der Waals surface area contributed by atoms with Gasteiger partial charge in [0.15, 0.2) is 0 Å². The summed E-state index contributed by atoms with van der Waals surface area (Å²) in [6, 6.07) is 0.837. The molecule has 3 fully saturated rings. The Morgan fingerprint density at radius 2 is 1.29 bits per heavy atom. The first-order valence-electron chi connectivity index (χ1n) is 7.09. The van der Waals surface area contributed by atoms with Gasteiger partial charge in [-0.2, -0.15) is 0 Å². The summed E-state index contributed by atoms with van der Waals surface area (Å²) in [6.07, 6.45) is 1.50. The van der Waals surface area contributed by atoms with Crippen molar-refractivity contribution in [3.8, 4) is 0 Å². The smallest absolute Gasteiger partial charge is 0.0176 e. The van der Waals surface area contributed by atoms with E-state index in [4.69, 9.17) is 0 Å². The van der Waals surface area contributed by atoms with E-state index in [1.165, 1.54) is 32.6 Å². The van der Waals surface area contributed by atoms with E-state index in [0.29, 0.717) is 0 Å². The number of likely N-dealkylation sites (tertiary alicyclic amines) is 2. The standard InChI is InChI=1S/C14H27N3/c1-15(2)14-12-8-17(4)9-13(14)11-5-10(12)6-16(3)7-11/h10-14H,5-9H2,1-4H3. The minimum atomic E-state index is 0.837. The predicted octanol–water partition coefficient (Wildman–Crippen LogP) is 0.676. The van der Waals surface area contributed by atoms with Crippen LogP contribution in [0.4, 0.5) is 0 Å². The maximum Gasteiger partial charge on any atom is 0.0176 e. The molecule has 0 amide bonds. The summed E-state index contributed by atoms with van der Waals surface area (Å²) in [6.45, 7) is 5.27.